The Morgan fingerprint density at radius 1 is 1.04 bits per heavy atom. The molecule has 0 bridgehead atoms. The third kappa shape index (κ3) is 3.78. The summed E-state index contributed by atoms with van der Waals surface area (Å²) in [4.78, 5) is 38.5. The summed E-state index contributed by atoms with van der Waals surface area (Å²) >= 11 is 0. The maximum Gasteiger partial charge on any atom is 0.306 e. The molecule has 4 rings (SSSR count). The van der Waals surface area contributed by atoms with Gasteiger partial charge in [-0.25, -0.2) is 4.98 Å². The average Bonchev–Trinajstić information content (AvgIpc) is 3.28. The zero-order valence-electron chi connectivity index (χ0n) is 15.5. The lowest BCUT2D eigenvalue weighted by Gasteiger charge is -2.35. The van der Waals surface area contributed by atoms with E-state index in [1.54, 1.807) is 23.2 Å². The van der Waals surface area contributed by atoms with Gasteiger partial charge in [0.05, 0.1) is 12.2 Å². The molecule has 148 valence electrons. The van der Waals surface area contributed by atoms with Crippen molar-refractivity contribution in [1.29, 1.82) is 0 Å². The van der Waals surface area contributed by atoms with Gasteiger partial charge in [0, 0.05) is 45.5 Å². The molecule has 0 aliphatic carbocycles. The molecule has 4 heterocycles. The first-order valence-corrected chi connectivity index (χ1v) is 9.50. The van der Waals surface area contributed by atoms with Gasteiger partial charge in [0.1, 0.15) is 5.82 Å². The minimum Gasteiger partial charge on any atom is -0.481 e. The van der Waals surface area contributed by atoms with Crippen LogP contribution in [0.25, 0.3) is 0 Å². The Bertz CT molecular complexity index is 825. The van der Waals surface area contributed by atoms with Crippen LogP contribution in [-0.4, -0.2) is 71.1 Å². The summed E-state index contributed by atoms with van der Waals surface area (Å²) in [6.07, 6.45) is 4.49. The van der Waals surface area contributed by atoms with E-state index < -0.39 is 5.97 Å². The molecule has 9 heteroatoms. The van der Waals surface area contributed by atoms with Gasteiger partial charge in [-0.05, 0) is 31.0 Å². The number of rotatable bonds is 4. The molecular weight excluding hydrogens is 362 g/mol. The molecule has 2 fully saturated rings. The summed E-state index contributed by atoms with van der Waals surface area (Å²) in [5.41, 5.74) is 0. The molecule has 0 atom stereocenters. The van der Waals surface area contributed by atoms with Crippen LogP contribution in [0.15, 0.2) is 35.1 Å². The molecule has 0 aromatic carbocycles. The standard InChI is InChI=1S/C19H23N5O4/c25-17(15-2-1-13-28-15)23-9-11-24(12-10-23)19-20-6-3-16(21-19)22-7-4-14(5-8-22)18(26)27/h1-3,6,13-14H,4-5,7-12H2,(H,26,27). The molecule has 2 aliphatic rings. The number of aliphatic carboxylic acids is 1. The zero-order valence-corrected chi connectivity index (χ0v) is 15.5. The highest BCUT2D eigenvalue weighted by Gasteiger charge is 2.27. The van der Waals surface area contributed by atoms with E-state index in [0.717, 1.165) is 5.82 Å². The highest BCUT2D eigenvalue weighted by Crippen LogP contribution is 2.23. The number of piperidine rings is 1. The second-order valence-corrected chi connectivity index (χ2v) is 7.07. The Morgan fingerprint density at radius 3 is 2.43 bits per heavy atom. The molecule has 28 heavy (non-hydrogen) atoms. The van der Waals surface area contributed by atoms with Crippen molar-refractivity contribution in [3.8, 4) is 0 Å². The van der Waals surface area contributed by atoms with Gasteiger partial charge in [0.15, 0.2) is 5.76 Å². The summed E-state index contributed by atoms with van der Waals surface area (Å²) in [7, 11) is 0. The van der Waals surface area contributed by atoms with Gasteiger partial charge in [-0.3, -0.25) is 9.59 Å². The van der Waals surface area contributed by atoms with Crippen LogP contribution in [-0.2, 0) is 4.79 Å². The van der Waals surface area contributed by atoms with Gasteiger partial charge in [-0.1, -0.05) is 0 Å². The lowest BCUT2D eigenvalue weighted by Crippen LogP contribution is -2.49. The summed E-state index contributed by atoms with van der Waals surface area (Å²) in [5, 5.41) is 9.15. The van der Waals surface area contributed by atoms with Crippen LogP contribution in [0.3, 0.4) is 0 Å². The fraction of sp³-hybridized carbons (Fsp3) is 0.474. The number of aromatic nitrogens is 2. The van der Waals surface area contributed by atoms with Gasteiger partial charge >= 0.3 is 5.97 Å². The summed E-state index contributed by atoms with van der Waals surface area (Å²) in [5.74, 6) is 0.741. The van der Waals surface area contributed by atoms with Gasteiger partial charge in [-0.15, -0.1) is 0 Å². The number of amides is 1. The van der Waals surface area contributed by atoms with E-state index in [0.29, 0.717) is 63.8 Å². The van der Waals surface area contributed by atoms with Crippen LogP contribution in [0.1, 0.15) is 23.4 Å². The molecule has 0 spiro atoms. The maximum atomic E-state index is 12.4. The number of carboxylic acids is 1. The molecule has 2 aromatic heterocycles. The fourth-order valence-corrected chi connectivity index (χ4v) is 3.69. The first-order chi connectivity index (χ1) is 13.6. The highest BCUT2D eigenvalue weighted by molar-refractivity contribution is 5.91. The Kier molecular flexibility index (Phi) is 5.14. The number of anilines is 2. The first kappa shape index (κ1) is 18.3. The topological polar surface area (TPSA) is 103 Å². The molecule has 1 N–H and O–H groups in total. The van der Waals surface area contributed by atoms with Gasteiger partial charge in [-0.2, -0.15) is 4.98 Å². The van der Waals surface area contributed by atoms with E-state index in [2.05, 4.69) is 19.8 Å². The van der Waals surface area contributed by atoms with Crippen LogP contribution >= 0.6 is 0 Å². The number of nitrogens with zero attached hydrogens (tertiary/aromatic N) is 5. The van der Waals surface area contributed by atoms with Gasteiger partial charge in [0.25, 0.3) is 5.91 Å². The Labute approximate surface area is 162 Å². The normalized spacial score (nSPS) is 18.4. The fourth-order valence-electron chi connectivity index (χ4n) is 3.69. The zero-order chi connectivity index (χ0) is 19.5. The van der Waals surface area contributed by atoms with Crippen LogP contribution in [0.5, 0.6) is 0 Å². The third-order valence-corrected chi connectivity index (χ3v) is 5.38. The Balaban J connectivity index is 1.36. The molecule has 0 radical (unpaired) electrons. The highest BCUT2D eigenvalue weighted by atomic mass is 16.4. The molecule has 0 unspecified atom stereocenters. The van der Waals surface area contributed by atoms with E-state index in [1.165, 1.54) is 6.26 Å². The van der Waals surface area contributed by atoms with E-state index in [-0.39, 0.29) is 11.8 Å². The van der Waals surface area contributed by atoms with E-state index in [1.807, 2.05) is 6.07 Å². The average molecular weight is 385 g/mol. The number of carbonyl (C=O) groups excluding carboxylic acids is 1. The predicted molar refractivity (Wildman–Crippen MR) is 101 cm³/mol. The summed E-state index contributed by atoms with van der Waals surface area (Å²) in [6.45, 7) is 3.82. The molecule has 9 nitrogen and oxygen atoms in total. The van der Waals surface area contributed by atoms with E-state index >= 15 is 0 Å². The molecule has 2 saturated heterocycles. The van der Waals surface area contributed by atoms with Crippen molar-refractivity contribution >= 4 is 23.6 Å². The second-order valence-electron chi connectivity index (χ2n) is 7.07. The SMILES string of the molecule is O=C(O)C1CCN(c2ccnc(N3CCN(C(=O)c4ccco4)CC3)n2)CC1. The third-order valence-electron chi connectivity index (χ3n) is 5.38. The van der Waals surface area contributed by atoms with E-state index in [4.69, 9.17) is 9.52 Å². The number of piperazine rings is 1. The smallest absolute Gasteiger partial charge is 0.306 e. The van der Waals surface area contributed by atoms with Crippen molar-refractivity contribution < 1.29 is 19.1 Å². The maximum absolute atomic E-state index is 12.4. The number of carboxylic acid groups (broad SMARTS) is 1. The first-order valence-electron chi connectivity index (χ1n) is 9.50. The summed E-state index contributed by atoms with van der Waals surface area (Å²) < 4.78 is 5.19. The monoisotopic (exact) mass is 385 g/mol. The van der Waals surface area contributed by atoms with Crippen molar-refractivity contribution in [3.05, 3.63) is 36.4 Å². The van der Waals surface area contributed by atoms with Crippen molar-refractivity contribution in [2.24, 2.45) is 5.92 Å². The van der Waals surface area contributed by atoms with Gasteiger partial charge < -0.3 is 24.2 Å². The summed E-state index contributed by atoms with van der Waals surface area (Å²) in [6, 6.07) is 5.25. The molecule has 2 aromatic rings. The minimum absolute atomic E-state index is 0.0966. The van der Waals surface area contributed by atoms with Crippen molar-refractivity contribution in [2.75, 3.05) is 49.1 Å². The lowest BCUT2D eigenvalue weighted by molar-refractivity contribution is -0.142. The number of carbonyl (C=O) groups is 2. The Hall–Kier alpha value is -3.10. The van der Waals surface area contributed by atoms with Crippen molar-refractivity contribution in [3.63, 3.8) is 0 Å². The van der Waals surface area contributed by atoms with Crippen LogP contribution in [0, 0.1) is 5.92 Å². The van der Waals surface area contributed by atoms with Crippen LogP contribution < -0.4 is 9.80 Å². The molecular formula is C19H23N5O4. The molecule has 1 amide bonds. The van der Waals surface area contributed by atoms with Crippen molar-refractivity contribution in [1.82, 2.24) is 14.9 Å². The Morgan fingerprint density at radius 2 is 1.79 bits per heavy atom. The second kappa shape index (κ2) is 7.87. The number of hydrogen-bond acceptors (Lipinski definition) is 7. The van der Waals surface area contributed by atoms with Crippen LogP contribution in [0.4, 0.5) is 11.8 Å². The number of furan rings is 1. The lowest BCUT2D eigenvalue weighted by atomic mass is 9.97. The quantitative estimate of drug-likeness (QED) is 0.841. The molecule has 0 saturated carbocycles. The largest absolute Gasteiger partial charge is 0.481 e. The minimum atomic E-state index is -0.718. The predicted octanol–water partition coefficient (Wildman–Crippen LogP) is 1.33. The molecule has 2 aliphatic heterocycles. The van der Waals surface area contributed by atoms with Crippen molar-refractivity contribution in [2.45, 2.75) is 12.8 Å². The van der Waals surface area contributed by atoms with E-state index in [9.17, 15) is 9.59 Å². The van der Waals surface area contributed by atoms with Gasteiger partial charge in [0.2, 0.25) is 5.95 Å². The van der Waals surface area contributed by atoms with Crippen LogP contribution in [0.2, 0.25) is 0 Å². The number of hydrogen-bond donors (Lipinski definition) is 1.